The lowest BCUT2D eigenvalue weighted by atomic mass is 10.2. The van der Waals surface area contributed by atoms with Gasteiger partial charge in [-0.15, -0.1) is 11.3 Å². The first-order chi connectivity index (χ1) is 11.6. The summed E-state index contributed by atoms with van der Waals surface area (Å²) in [7, 11) is 0. The average Bonchev–Trinajstić information content (AvgIpc) is 3.11. The standard InChI is InChI=1S/C17H19N3O3S/c1-12(21)14-2-3-15(24-14)17(22)19-11-13-4-5-18-16(10-13)20-6-8-23-9-7-20/h2-5,10H,6-9,11H2,1H3,(H,19,22). The third-order valence-corrected chi connectivity index (χ3v) is 4.96. The average molecular weight is 345 g/mol. The van der Waals surface area contributed by atoms with E-state index in [9.17, 15) is 9.59 Å². The molecular weight excluding hydrogens is 326 g/mol. The third kappa shape index (κ3) is 3.98. The minimum Gasteiger partial charge on any atom is -0.378 e. The number of rotatable bonds is 5. The van der Waals surface area contributed by atoms with E-state index in [4.69, 9.17) is 4.74 Å². The molecule has 3 rings (SSSR count). The number of hydrogen-bond donors (Lipinski definition) is 1. The van der Waals surface area contributed by atoms with Crippen molar-refractivity contribution in [2.24, 2.45) is 0 Å². The molecule has 0 spiro atoms. The number of ether oxygens (including phenoxy) is 1. The molecule has 1 fully saturated rings. The molecule has 0 bridgehead atoms. The summed E-state index contributed by atoms with van der Waals surface area (Å²) in [5.74, 6) is 0.709. The van der Waals surface area contributed by atoms with E-state index in [1.54, 1.807) is 18.3 Å². The summed E-state index contributed by atoms with van der Waals surface area (Å²) in [6.07, 6.45) is 1.76. The Labute approximate surface area is 144 Å². The van der Waals surface area contributed by atoms with Crippen molar-refractivity contribution in [1.29, 1.82) is 0 Å². The molecule has 0 radical (unpaired) electrons. The van der Waals surface area contributed by atoms with Crippen molar-refractivity contribution >= 4 is 28.8 Å². The van der Waals surface area contributed by atoms with Gasteiger partial charge in [0.05, 0.1) is 23.0 Å². The Balaban J connectivity index is 1.61. The minimum absolute atomic E-state index is 0.0247. The number of anilines is 1. The van der Waals surface area contributed by atoms with Gasteiger partial charge in [-0.05, 0) is 36.8 Å². The fraction of sp³-hybridized carbons (Fsp3) is 0.353. The number of ketones is 1. The maximum atomic E-state index is 12.2. The van der Waals surface area contributed by atoms with E-state index in [0.29, 0.717) is 29.5 Å². The molecule has 126 valence electrons. The van der Waals surface area contributed by atoms with Crippen LogP contribution in [0.4, 0.5) is 5.82 Å². The van der Waals surface area contributed by atoms with Crippen LogP contribution in [0.25, 0.3) is 0 Å². The molecule has 1 aliphatic rings. The molecule has 2 aromatic rings. The van der Waals surface area contributed by atoms with Gasteiger partial charge in [-0.1, -0.05) is 0 Å². The van der Waals surface area contributed by atoms with Crippen molar-refractivity contribution in [3.63, 3.8) is 0 Å². The van der Waals surface area contributed by atoms with Gasteiger partial charge in [-0.3, -0.25) is 9.59 Å². The van der Waals surface area contributed by atoms with Crippen LogP contribution in [0.3, 0.4) is 0 Å². The number of nitrogens with one attached hydrogen (secondary N) is 1. The summed E-state index contributed by atoms with van der Waals surface area (Å²) in [5, 5.41) is 2.89. The quantitative estimate of drug-likeness (QED) is 0.841. The van der Waals surface area contributed by atoms with Crippen molar-refractivity contribution in [1.82, 2.24) is 10.3 Å². The molecule has 0 aromatic carbocycles. The van der Waals surface area contributed by atoms with Crippen molar-refractivity contribution in [3.05, 3.63) is 45.8 Å². The second-order valence-corrected chi connectivity index (χ2v) is 6.61. The molecule has 0 unspecified atom stereocenters. The van der Waals surface area contributed by atoms with E-state index in [0.717, 1.165) is 24.5 Å². The molecule has 3 heterocycles. The van der Waals surface area contributed by atoms with Crippen molar-refractivity contribution in [2.75, 3.05) is 31.2 Å². The van der Waals surface area contributed by atoms with Crippen molar-refractivity contribution < 1.29 is 14.3 Å². The van der Waals surface area contributed by atoms with Crippen molar-refractivity contribution in [3.8, 4) is 0 Å². The molecule has 1 N–H and O–H groups in total. The smallest absolute Gasteiger partial charge is 0.261 e. The third-order valence-electron chi connectivity index (χ3n) is 3.77. The van der Waals surface area contributed by atoms with Crippen LogP contribution in [0.5, 0.6) is 0 Å². The molecule has 1 aliphatic heterocycles. The molecule has 2 aromatic heterocycles. The SMILES string of the molecule is CC(=O)c1ccc(C(=O)NCc2ccnc(N3CCOCC3)c2)s1. The van der Waals surface area contributed by atoms with Crippen LogP contribution in [-0.2, 0) is 11.3 Å². The largest absolute Gasteiger partial charge is 0.378 e. The van der Waals surface area contributed by atoms with Crippen LogP contribution in [0, 0.1) is 0 Å². The molecule has 0 saturated carbocycles. The van der Waals surface area contributed by atoms with E-state index in [2.05, 4.69) is 15.2 Å². The fourth-order valence-corrected chi connectivity index (χ4v) is 3.27. The zero-order valence-corrected chi connectivity index (χ0v) is 14.3. The highest BCUT2D eigenvalue weighted by atomic mass is 32.1. The number of carbonyl (C=O) groups excluding carboxylic acids is 2. The molecule has 0 aliphatic carbocycles. The van der Waals surface area contributed by atoms with E-state index in [1.807, 2.05) is 12.1 Å². The van der Waals surface area contributed by atoms with E-state index >= 15 is 0 Å². The first kappa shape index (κ1) is 16.6. The first-order valence-corrected chi connectivity index (χ1v) is 8.62. The lowest BCUT2D eigenvalue weighted by Gasteiger charge is -2.28. The Bertz CT molecular complexity index is 738. The van der Waals surface area contributed by atoms with Gasteiger partial charge in [-0.25, -0.2) is 4.98 Å². The van der Waals surface area contributed by atoms with Crippen LogP contribution in [0.15, 0.2) is 30.5 Å². The highest BCUT2D eigenvalue weighted by Crippen LogP contribution is 2.18. The summed E-state index contributed by atoms with van der Waals surface area (Å²) in [6, 6.07) is 7.24. The number of hydrogen-bond acceptors (Lipinski definition) is 6. The predicted molar refractivity (Wildman–Crippen MR) is 92.8 cm³/mol. The van der Waals surface area contributed by atoms with Crippen LogP contribution >= 0.6 is 11.3 Å². The highest BCUT2D eigenvalue weighted by molar-refractivity contribution is 7.15. The van der Waals surface area contributed by atoms with Crippen LogP contribution in [-0.4, -0.2) is 43.0 Å². The lowest BCUT2D eigenvalue weighted by Crippen LogP contribution is -2.36. The lowest BCUT2D eigenvalue weighted by molar-refractivity contribution is 0.0954. The van der Waals surface area contributed by atoms with Gasteiger partial charge in [0, 0.05) is 25.8 Å². The molecular formula is C17H19N3O3S. The number of Topliss-reactive ketones (excluding diaryl/α,β-unsaturated/α-hetero) is 1. The Kier molecular flexibility index (Phi) is 5.22. The second-order valence-electron chi connectivity index (χ2n) is 5.52. The van der Waals surface area contributed by atoms with Crippen molar-refractivity contribution in [2.45, 2.75) is 13.5 Å². The number of pyridine rings is 1. The summed E-state index contributed by atoms with van der Waals surface area (Å²) in [4.78, 5) is 31.2. The zero-order valence-electron chi connectivity index (χ0n) is 13.4. The molecule has 0 atom stereocenters. The monoisotopic (exact) mass is 345 g/mol. The highest BCUT2D eigenvalue weighted by Gasteiger charge is 2.14. The minimum atomic E-state index is -0.169. The maximum absolute atomic E-state index is 12.2. The number of nitrogens with zero attached hydrogens (tertiary/aromatic N) is 2. The van der Waals surface area contributed by atoms with E-state index < -0.39 is 0 Å². The van der Waals surface area contributed by atoms with Crippen LogP contribution in [0.2, 0.25) is 0 Å². The molecule has 6 nitrogen and oxygen atoms in total. The number of aromatic nitrogens is 1. The van der Waals surface area contributed by atoms with Gasteiger partial charge in [-0.2, -0.15) is 0 Å². The van der Waals surface area contributed by atoms with E-state index in [-0.39, 0.29) is 11.7 Å². The Morgan fingerprint density at radius 3 is 2.71 bits per heavy atom. The number of amides is 1. The summed E-state index contributed by atoms with van der Waals surface area (Å²) < 4.78 is 5.35. The van der Waals surface area contributed by atoms with Crippen LogP contribution < -0.4 is 10.2 Å². The Morgan fingerprint density at radius 1 is 1.25 bits per heavy atom. The predicted octanol–water partition coefficient (Wildman–Crippen LogP) is 2.11. The number of thiophene rings is 1. The number of morpholine rings is 1. The second kappa shape index (κ2) is 7.55. The summed E-state index contributed by atoms with van der Waals surface area (Å²) in [6.45, 7) is 4.99. The molecule has 7 heteroatoms. The first-order valence-electron chi connectivity index (χ1n) is 7.80. The fourth-order valence-electron chi connectivity index (χ4n) is 2.45. The maximum Gasteiger partial charge on any atom is 0.261 e. The molecule has 1 amide bonds. The van der Waals surface area contributed by atoms with Gasteiger partial charge in [0.1, 0.15) is 5.82 Å². The topological polar surface area (TPSA) is 71.5 Å². The van der Waals surface area contributed by atoms with Gasteiger partial charge < -0.3 is 15.0 Å². The van der Waals surface area contributed by atoms with Crippen LogP contribution in [0.1, 0.15) is 31.8 Å². The normalized spacial score (nSPS) is 14.5. The van der Waals surface area contributed by atoms with Gasteiger partial charge in [0.15, 0.2) is 5.78 Å². The summed E-state index contributed by atoms with van der Waals surface area (Å²) >= 11 is 1.21. The van der Waals surface area contributed by atoms with E-state index in [1.165, 1.54) is 18.3 Å². The summed E-state index contributed by atoms with van der Waals surface area (Å²) in [5.41, 5.74) is 0.989. The van der Waals surface area contributed by atoms with Gasteiger partial charge in [0.2, 0.25) is 0 Å². The Hall–Kier alpha value is -2.25. The molecule has 1 saturated heterocycles. The number of carbonyl (C=O) groups is 2. The van der Waals surface area contributed by atoms with Gasteiger partial charge >= 0.3 is 0 Å². The zero-order chi connectivity index (χ0) is 16.9. The Morgan fingerprint density at radius 2 is 2.00 bits per heavy atom. The van der Waals surface area contributed by atoms with Gasteiger partial charge in [0.25, 0.3) is 5.91 Å². The molecule has 24 heavy (non-hydrogen) atoms.